The van der Waals surface area contributed by atoms with Crippen molar-refractivity contribution in [3.63, 3.8) is 0 Å². The van der Waals surface area contributed by atoms with Crippen molar-refractivity contribution in [2.75, 3.05) is 11.9 Å². The maximum atomic E-state index is 5.74. The van der Waals surface area contributed by atoms with Crippen molar-refractivity contribution in [3.05, 3.63) is 17.5 Å². The van der Waals surface area contributed by atoms with E-state index >= 15 is 0 Å². The molecule has 1 fully saturated rings. The van der Waals surface area contributed by atoms with E-state index < -0.39 is 0 Å². The zero-order valence-electron chi connectivity index (χ0n) is 8.20. The molecule has 0 aliphatic heterocycles. The highest BCUT2D eigenvalue weighted by Gasteiger charge is 2.27. The Balaban J connectivity index is 1.84. The van der Waals surface area contributed by atoms with Crippen molar-refractivity contribution in [2.24, 2.45) is 11.8 Å². The Kier molecular flexibility index (Phi) is 2.87. The summed E-state index contributed by atoms with van der Waals surface area (Å²) < 4.78 is 0. The van der Waals surface area contributed by atoms with Crippen LogP contribution in [0.15, 0.2) is 12.4 Å². The predicted octanol–water partition coefficient (Wildman–Crippen LogP) is 2.59. The largest absolute Gasteiger partial charge is 0.370 e. The molecule has 4 heteroatoms. The number of nitrogens with zero attached hydrogens (tertiary/aromatic N) is 2. The lowest BCUT2D eigenvalue weighted by Gasteiger charge is -2.11. The van der Waals surface area contributed by atoms with E-state index in [4.69, 9.17) is 11.6 Å². The number of rotatable bonds is 4. The maximum Gasteiger partial charge on any atom is 0.134 e. The Morgan fingerprint density at radius 2 is 2.36 bits per heavy atom. The zero-order chi connectivity index (χ0) is 9.97. The predicted molar refractivity (Wildman–Crippen MR) is 57.4 cm³/mol. The summed E-state index contributed by atoms with van der Waals surface area (Å²) in [4.78, 5) is 7.91. The monoisotopic (exact) mass is 211 g/mol. The number of hydrogen-bond acceptors (Lipinski definition) is 3. The van der Waals surface area contributed by atoms with Gasteiger partial charge >= 0.3 is 0 Å². The summed E-state index contributed by atoms with van der Waals surface area (Å²) in [6.45, 7) is 3.24. The molecule has 0 aromatic carbocycles. The highest BCUT2D eigenvalue weighted by Crippen LogP contribution is 2.36. The molecule has 2 rings (SSSR count). The van der Waals surface area contributed by atoms with Gasteiger partial charge in [0, 0.05) is 12.6 Å². The molecule has 14 heavy (non-hydrogen) atoms. The highest BCUT2D eigenvalue weighted by atomic mass is 35.5. The van der Waals surface area contributed by atoms with Crippen molar-refractivity contribution in [3.8, 4) is 0 Å². The van der Waals surface area contributed by atoms with Crippen molar-refractivity contribution >= 4 is 17.4 Å². The molecule has 1 aliphatic rings. The van der Waals surface area contributed by atoms with Gasteiger partial charge in [0.1, 0.15) is 17.3 Å². The Labute approximate surface area is 88.9 Å². The Morgan fingerprint density at radius 1 is 1.57 bits per heavy atom. The zero-order valence-corrected chi connectivity index (χ0v) is 8.96. The first-order valence-corrected chi connectivity index (χ1v) is 5.35. The highest BCUT2D eigenvalue weighted by molar-refractivity contribution is 6.29. The summed E-state index contributed by atoms with van der Waals surface area (Å²) in [6.07, 6.45) is 4.24. The van der Waals surface area contributed by atoms with Crippen LogP contribution in [0.1, 0.15) is 19.8 Å². The van der Waals surface area contributed by atoms with Gasteiger partial charge in [0.25, 0.3) is 0 Å². The van der Waals surface area contributed by atoms with Crippen molar-refractivity contribution in [2.45, 2.75) is 19.8 Å². The number of hydrogen-bond donors (Lipinski definition) is 1. The normalized spacial score (nSPS) is 17.9. The molecule has 0 bridgehead atoms. The fourth-order valence-corrected chi connectivity index (χ4v) is 1.67. The average molecular weight is 212 g/mol. The van der Waals surface area contributed by atoms with Crippen LogP contribution in [0.2, 0.25) is 5.15 Å². The first-order chi connectivity index (χ1) is 6.75. The van der Waals surface area contributed by atoms with Crippen LogP contribution < -0.4 is 5.32 Å². The maximum absolute atomic E-state index is 5.74. The lowest BCUT2D eigenvalue weighted by molar-refractivity contribution is 0.536. The molecular formula is C10H14ClN3. The second kappa shape index (κ2) is 4.13. The Hall–Kier alpha value is -0.830. The summed E-state index contributed by atoms with van der Waals surface area (Å²) in [6, 6.07) is 1.75. The standard InChI is InChI=1S/C10H14ClN3/c1-7(8-2-3-8)5-12-10-4-9(11)13-6-14-10/h4,6-8H,2-3,5H2,1H3,(H,12,13,14). The first-order valence-electron chi connectivity index (χ1n) is 4.97. The van der Waals surface area contributed by atoms with Crippen LogP contribution in [-0.4, -0.2) is 16.5 Å². The molecule has 1 heterocycles. The van der Waals surface area contributed by atoms with Crippen molar-refractivity contribution in [1.29, 1.82) is 0 Å². The van der Waals surface area contributed by atoms with Gasteiger partial charge < -0.3 is 5.32 Å². The van der Waals surface area contributed by atoms with Gasteiger partial charge in [-0.25, -0.2) is 9.97 Å². The Bertz CT molecular complexity index is 312. The molecule has 0 spiro atoms. The van der Waals surface area contributed by atoms with Crippen LogP contribution in [0, 0.1) is 11.8 Å². The molecule has 1 aromatic heterocycles. The SMILES string of the molecule is CC(CNc1cc(Cl)ncn1)C1CC1. The molecule has 1 unspecified atom stereocenters. The van der Waals surface area contributed by atoms with Gasteiger partial charge in [-0.2, -0.15) is 0 Å². The molecule has 1 atom stereocenters. The van der Waals surface area contributed by atoms with Crippen LogP contribution in [0.3, 0.4) is 0 Å². The van der Waals surface area contributed by atoms with E-state index in [1.807, 2.05) is 0 Å². The van der Waals surface area contributed by atoms with E-state index in [9.17, 15) is 0 Å². The topological polar surface area (TPSA) is 37.8 Å². The summed E-state index contributed by atoms with van der Waals surface area (Å²) in [5, 5.41) is 3.76. The van der Waals surface area contributed by atoms with Crippen LogP contribution in [0.5, 0.6) is 0 Å². The summed E-state index contributed by atoms with van der Waals surface area (Å²) in [5.74, 6) is 2.46. The molecule has 76 valence electrons. The molecule has 0 amide bonds. The number of nitrogens with one attached hydrogen (secondary N) is 1. The fourth-order valence-electron chi connectivity index (χ4n) is 1.53. The molecule has 3 nitrogen and oxygen atoms in total. The molecule has 0 radical (unpaired) electrons. The third kappa shape index (κ3) is 2.58. The third-order valence-electron chi connectivity index (χ3n) is 2.67. The minimum atomic E-state index is 0.488. The third-order valence-corrected chi connectivity index (χ3v) is 2.87. The summed E-state index contributed by atoms with van der Waals surface area (Å²) >= 11 is 5.74. The summed E-state index contributed by atoms with van der Waals surface area (Å²) in [7, 11) is 0. The number of aromatic nitrogens is 2. The van der Waals surface area contributed by atoms with Gasteiger partial charge in [0.15, 0.2) is 0 Å². The molecule has 1 saturated carbocycles. The second-order valence-corrected chi connectivity index (χ2v) is 4.31. The quantitative estimate of drug-likeness (QED) is 0.778. The molecule has 0 saturated heterocycles. The number of anilines is 1. The van der Waals surface area contributed by atoms with Gasteiger partial charge in [0.05, 0.1) is 0 Å². The fraction of sp³-hybridized carbons (Fsp3) is 0.600. The Morgan fingerprint density at radius 3 is 3.00 bits per heavy atom. The molecule has 1 N–H and O–H groups in total. The average Bonchev–Trinajstić information content (AvgIpc) is 2.97. The van der Waals surface area contributed by atoms with E-state index in [-0.39, 0.29) is 0 Å². The lowest BCUT2D eigenvalue weighted by atomic mass is 10.1. The van der Waals surface area contributed by atoms with Gasteiger partial charge in [0.2, 0.25) is 0 Å². The van der Waals surface area contributed by atoms with E-state index in [0.29, 0.717) is 5.15 Å². The number of halogens is 1. The second-order valence-electron chi connectivity index (χ2n) is 3.92. The van der Waals surface area contributed by atoms with Crippen LogP contribution in [-0.2, 0) is 0 Å². The van der Waals surface area contributed by atoms with Crippen LogP contribution in [0.4, 0.5) is 5.82 Å². The van der Waals surface area contributed by atoms with Gasteiger partial charge in [-0.15, -0.1) is 0 Å². The smallest absolute Gasteiger partial charge is 0.134 e. The lowest BCUT2D eigenvalue weighted by Crippen LogP contribution is -2.13. The summed E-state index contributed by atoms with van der Waals surface area (Å²) in [5.41, 5.74) is 0. The molecule has 1 aliphatic carbocycles. The molecular weight excluding hydrogens is 198 g/mol. The van der Waals surface area contributed by atoms with Crippen molar-refractivity contribution < 1.29 is 0 Å². The van der Waals surface area contributed by atoms with E-state index in [1.54, 1.807) is 6.07 Å². The minimum Gasteiger partial charge on any atom is -0.370 e. The van der Waals surface area contributed by atoms with E-state index in [1.165, 1.54) is 19.2 Å². The first kappa shape index (κ1) is 9.71. The van der Waals surface area contributed by atoms with Gasteiger partial charge in [-0.1, -0.05) is 18.5 Å². The van der Waals surface area contributed by atoms with Gasteiger partial charge in [-0.3, -0.25) is 0 Å². The van der Waals surface area contributed by atoms with Crippen LogP contribution >= 0.6 is 11.6 Å². The van der Waals surface area contributed by atoms with E-state index in [0.717, 1.165) is 24.2 Å². The van der Waals surface area contributed by atoms with Crippen molar-refractivity contribution in [1.82, 2.24) is 9.97 Å². The van der Waals surface area contributed by atoms with E-state index in [2.05, 4.69) is 22.2 Å². The molecule has 1 aromatic rings. The minimum absolute atomic E-state index is 0.488. The van der Waals surface area contributed by atoms with Gasteiger partial charge in [-0.05, 0) is 24.7 Å². The van der Waals surface area contributed by atoms with Crippen LogP contribution in [0.25, 0.3) is 0 Å².